The first kappa shape index (κ1) is 17.8. The highest BCUT2D eigenvalue weighted by molar-refractivity contribution is 7.99. The van der Waals surface area contributed by atoms with Crippen molar-refractivity contribution in [1.29, 1.82) is 5.26 Å². The molecule has 0 spiro atoms. The van der Waals surface area contributed by atoms with E-state index in [1.165, 1.54) is 0 Å². The number of hydrogen-bond acceptors (Lipinski definition) is 7. The maximum Gasteiger partial charge on any atom is 0.277 e. The molecule has 0 saturated carbocycles. The lowest BCUT2D eigenvalue weighted by atomic mass is 10.1. The highest BCUT2D eigenvalue weighted by atomic mass is 32.2. The van der Waals surface area contributed by atoms with Crippen LogP contribution in [0.15, 0.2) is 63.9 Å². The molecule has 0 bridgehead atoms. The summed E-state index contributed by atoms with van der Waals surface area (Å²) in [5.74, 6) is 0.730. The van der Waals surface area contributed by atoms with Gasteiger partial charge in [-0.05, 0) is 31.2 Å². The Balaban J connectivity index is 1.51. The fourth-order valence-corrected chi connectivity index (χ4v) is 3.25. The van der Waals surface area contributed by atoms with Gasteiger partial charge in [0.25, 0.3) is 5.22 Å². The van der Waals surface area contributed by atoms with Crippen LogP contribution in [0.2, 0.25) is 0 Å². The summed E-state index contributed by atoms with van der Waals surface area (Å²) in [7, 11) is 0. The molecule has 0 aliphatic carbocycles. The maximum absolute atomic E-state index is 10.4. The molecular weight excluding hydrogens is 374 g/mol. The first-order valence-corrected chi connectivity index (χ1v) is 9.43. The minimum atomic E-state index is -0.110. The number of aromatic amines is 1. The Bertz CT molecular complexity index is 1170. The zero-order valence-corrected chi connectivity index (χ0v) is 15.7. The van der Waals surface area contributed by atoms with Crippen molar-refractivity contribution >= 4 is 28.4 Å². The smallest absolute Gasteiger partial charge is 0.277 e. The average molecular weight is 389 g/mol. The van der Waals surface area contributed by atoms with Gasteiger partial charge < -0.3 is 14.5 Å². The molecule has 0 aliphatic heterocycles. The first-order valence-electron chi connectivity index (χ1n) is 8.44. The van der Waals surface area contributed by atoms with Crippen molar-refractivity contribution in [2.45, 2.75) is 12.1 Å². The van der Waals surface area contributed by atoms with Gasteiger partial charge in [-0.25, -0.2) is 4.98 Å². The van der Waals surface area contributed by atoms with Crippen LogP contribution in [0.4, 0.5) is 0 Å². The molecule has 2 heterocycles. The average Bonchev–Trinajstić information content (AvgIpc) is 3.34. The third-order valence-electron chi connectivity index (χ3n) is 4.06. The van der Waals surface area contributed by atoms with Gasteiger partial charge >= 0.3 is 0 Å². The van der Waals surface area contributed by atoms with Crippen LogP contribution in [0.5, 0.6) is 0 Å². The van der Waals surface area contributed by atoms with Crippen molar-refractivity contribution < 1.29 is 9.52 Å². The quantitative estimate of drug-likeness (QED) is 0.293. The lowest BCUT2D eigenvalue weighted by Crippen LogP contribution is -1.95. The van der Waals surface area contributed by atoms with Crippen LogP contribution >= 0.6 is 11.8 Å². The summed E-state index contributed by atoms with van der Waals surface area (Å²) in [5.41, 5.74) is 3.57. The zero-order chi connectivity index (χ0) is 19.5. The topological polar surface area (TPSA) is 112 Å². The third kappa shape index (κ3) is 3.61. The van der Waals surface area contributed by atoms with Crippen molar-refractivity contribution in [3.63, 3.8) is 0 Å². The van der Waals surface area contributed by atoms with Gasteiger partial charge in [0.05, 0.1) is 16.8 Å². The lowest BCUT2D eigenvalue weighted by molar-refractivity contribution is 0.418. The first-order chi connectivity index (χ1) is 13.6. The van der Waals surface area contributed by atoms with Gasteiger partial charge in [-0.15, -0.1) is 10.2 Å². The SMILES string of the molecule is Cc1ccc(-c2nnc(SC/C(O)=C(\C#N)c3nc4ccccc4[nH]3)o2)cc1. The Morgan fingerprint density at radius 3 is 2.71 bits per heavy atom. The number of nitrogens with one attached hydrogen (secondary N) is 1. The molecule has 0 amide bonds. The Kier molecular flexibility index (Phi) is 4.83. The summed E-state index contributed by atoms with van der Waals surface area (Å²) in [6.07, 6.45) is 0. The Labute approximate surface area is 164 Å². The van der Waals surface area contributed by atoms with E-state index in [4.69, 9.17) is 4.42 Å². The summed E-state index contributed by atoms with van der Waals surface area (Å²) in [6.45, 7) is 2.00. The molecule has 2 aromatic carbocycles. The number of aliphatic hydroxyl groups is 1. The van der Waals surface area contributed by atoms with Gasteiger partial charge in [-0.1, -0.05) is 41.6 Å². The van der Waals surface area contributed by atoms with Crippen molar-refractivity contribution in [3.05, 3.63) is 65.7 Å². The molecule has 0 unspecified atom stereocenters. The van der Waals surface area contributed by atoms with Gasteiger partial charge in [0.1, 0.15) is 17.4 Å². The van der Waals surface area contributed by atoms with Crippen molar-refractivity contribution in [1.82, 2.24) is 20.2 Å². The van der Waals surface area contributed by atoms with Crippen molar-refractivity contribution in [2.75, 3.05) is 5.75 Å². The minimum absolute atomic E-state index is 0.0852. The van der Waals surface area contributed by atoms with Crippen LogP contribution < -0.4 is 0 Å². The van der Waals surface area contributed by atoms with Gasteiger partial charge in [-0.3, -0.25) is 0 Å². The predicted molar refractivity (Wildman–Crippen MR) is 106 cm³/mol. The van der Waals surface area contributed by atoms with Gasteiger partial charge in [0.2, 0.25) is 5.89 Å². The summed E-state index contributed by atoms with van der Waals surface area (Å²) in [6, 6.07) is 17.2. The van der Waals surface area contributed by atoms with Gasteiger partial charge in [0, 0.05) is 5.56 Å². The number of aliphatic hydroxyl groups excluding tert-OH is 1. The van der Waals surface area contributed by atoms with Crippen LogP contribution in [-0.4, -0.2) is 31.0 Å². The molecule has 2 aromatic heterocycles. The number of nitrogens with zero attached hydrogens (tertiary/aromatic N) is 4. The number of aromatic nitrogens is 4. The number of thioether (sulfide) groups is 1. The fraction of sp³-hybridized carbons (Fsp3) is 0.100. The van der Waals surface area contributed by atoms with E-state index in [1.54, 1.807) is 0 Å². The normalized spacial score (nSPS) is 12.0. The molecular formula is C20H15N5O2S. The predicted octanol–water partition coefficient (Wildman–Crippen LogP) is 4.51. The molecule has 7 nitrogen and oxygen atoms in total. The van der Waals surface area contributed by atoms with Crippen LogP contribution in [-0.2, 0) is 0 Å². The third-order valence-corrected chi connectivity index (χ3v) is 4.89. The number of fused-ring (bicyclic) bond motifs is 1. The monoisotopic (exact) mass is 389 g/mol. The molecule has 4 rings (SSSR count). The molecule has 28 heavy (non-hydrogen) atoms. The van der Waals surface area contributed by atoms with E-state index in [1.807, 2.05) is 61.5 Å². The summed E-state index contributed by atoms with van der Waals surface area (Å²) in [4.78, 5) is 7.40. The number of aryl methyl sites for hydroxylation is 1. The molecule has 0 radical (unpaired) electrons. The molecule has 2 N–H and O–H groups in total. The number of imidazole rings is 1. The van der Waals surface area contributed by atoms with Gasteiger partial charge in [0.15, 0.2) is 5.82 Å². The highest BCUT2D eigenvalue weighted by Gasteiger charge is 2.15. The summed E-state index contributed by atoms with van der Waals surface area (Å²) in [5, 5.41) is 28.2. The minimum Gasteiger partial charge on any atom is -0.510 e. The number of benzene rings is 2. The molecule has 4 aromatic rings. The lowest BCUT2D eigenvalue weighted by Gasteiger charge is -2.00. The van der Waals surface area contributed by atoms with Gasteiger partial charge in [-0.2, -0.15) is 5.26 Å². The van der Waals surface area contributed by atoms with E-state index < -0.39 is 0 Å². The summed E-state index contributed by atoms with van der Waals surface area (Å²) >= 11 is 1.15. The maximum atomic E-state index is 10.4. The second kappa shape index (κ2) is 7.58. The number of rotatable bonds is 5. The molecule has 0 atom stereocenters. The van der Waals surface area contributed by atoms with Crippen LogP contribution in [0.1, 0.15) is 11.4 Å². The molecule has 8 heteroatoms. The Morgan fingerprint density at radius 2 is 1.96 bits per heavy atom. The number of allylic oxidation sites excluding steroid dienone is 1. The van der Waals surface area contributed by atoms with Crippen LogP contribution in [0.3, 0.4) is 0 Å². The van der Waals surface area contributed by atoms with E-state index in [9.17, 15) is 10.4 Å². The Hall–Kier alpha value is -3.57. The standard InChI is InChI=1S/C20H15N5O2S/c1-12-6-8-13(9-7-12)19-24-25-20(27-19)28-11-17(26)14(10-21)18-22-15-4-2-3-5-16(15)23-18/h2-9,26H,11H2,1H3,(H,22,23)/b17-14-. The number of H-pyrrole nitrogens is 1. The molecule has 0 aliphatic rings. The van der Waals surface area contributed by atoms with Crippen molar-refractivity contribution in [2.24, 2.45) is 0 Å². The zero-order valence-electron chi connectivity index (χ0n) is 14.9. The van der Waals surface area contributed by atoms with Crippen molar-refractivity contribution in [3.8, 4) is 17.5 Å². The van der Waals surface area contributed by atoms with E-state index >= 15 is 0 Å². The van der Waals surface area contributed by atoms with E-state index in [0.29, 0.717) is 16.9 Å². The Morgan fingerprint density at radius 1 is 1.18 bits per heavy atom. The van der Waals surface area contributed by atoms with Crippen LogP contribution in [0, 0.1) is 18.3 Å². The summed E-state index contributed by atoms with van der Waals surface area (Å²) < 4.78 is 5.63. The van der Waals surface area contributed by atoms with E-state index in [0.717, 1.165) is 33.9 Å². The van der Waals surface area contributed by atoms with E-state index in [-0.39, 0.29) is 17.1 Å². The second-order valence-electron chi connectivity index (χ2n) is 6.06. The van der Waals surface area contributed by atoms with Crippen LogP contribution in [0.25, 0.3) is 28.1 Å². The number of para-hydroxylation sites is 2. The highest BCUT2D eigenvalue weighted by Crippen LogP contribution is 2.26. The molecule has 0 fully saturated rings. The molecule has 138 valence electrons. The number of hydrogen-bond donors (Lipinski definition) is 2. The van der Waals surface area contributed by atoms with E-state index in [2.05, 4.69) is 20.2 Å². The fourth-order valence-electron chi connectivity index (χ4n) is 2.61. The second-order valence-corrected chi connectivity index (χ2v) is 6.99. The largest absolute Gasteiger partial charge is 0.510 e. The number of nitriles is 1. The molecule has 0 saturated heterocycles.